The van der Waals surface area contributed by atoms with Crippen molar-refractivity contribution >= 4 is 23.2 Å². The van der Waals surface area contributed by atoms with E-state index in [0.29, 0.717) is 53.3 Å². The minimum absolute atomic E-state index is 0.0572. The van der Waals surface area contributed by atoms with E-state index < -0.39 is 11.9 Å². The van der Waals surface area contributed by atoms with Crippen LogP contribution in [0.4, 0.5) is 0 Å². The average Bonchev–Trinajstić information content (AvgIpc) is 3.68. The predicted octanol–water partition coefficient (Wildman–Crippen LogP) is 8.42. The second-order valence-corrected chi connectivity index (χ2v) is 17.8. The van der Waals surface area contributed by atoms with Gasteiger partial charge in [0.25, 0.3) is 0 Å². The first kappa shape index (κ1) is 32.1. The number of hydrogen-bond donors (Lipinski definition) is 1. The zero-order valence-corrected chi connectivity index (χ0v) is 29.0. The van der Waals surface area contributed by atoms with Crippen molar-refractivity contribution in [1.29, 1.82) is 0 Å². The molecule has 0 aliphatic heterocycles. The maximum atomic E-state index is 14.1. The van der Waals surface area contributed by atoms with Gasteiger partial charge in [0, 0.05) is 24.8 Å². The summed E-state index contributed by atoms with van der Waals surface area (Å²) in [6.07, 6.45) is 14.5. The number of Topliss-reactive ketones (excluding diaryl/α,β-unsaturated/α-hetero) is 1. The molecule has 0 spiro atoms. The Labute approximate surface area is 277 Å². The average molecular weight is 628 g/mol. The third-order valence-electron chi connectivity index (χ3n) is 15.0. The fourth-order valence-corrected chi connectivity index (χ4v) is 12.5. The second-order valence-electron chi connectivity index (χ2n) is 17.8. The number of amides is 1. The number of hydrogen-bond acceptors (Lipinski definition) is 4. The Morgan fingerprint density at radius 1 is 0.935 bits per heavy atom. The van der Waals surface area contributed by atoms with Crippen LogP contribution in [-0.4, -0.2) is 30.3 Å². The Hall–Kier alpha value is -2.43. The van der Waals surface area contributed by atoms with Crippen LogP contribution in [0, 0.1) is 63.6 Å². The van der Waals surface area contributed by atoms with Crippen molar-refractivity contribution in [1.82, 2.24) is 5.32 Å². The summed E-state index contributed by atoms with van der Waals surface area (Å²) in [5.74, 6) is 3.17. The second kappa shape index (κ2) is 11.9. The van der Waals surface area contributed by atoms with Crippen LogP contribution in [-0.2, 0) is 19.1 Å². The maximum absolute atomic E-state index is 14.1. The highest BCUT2D eigenvalue weighted by molar-refractivity contribution is 6.01. The highest BCUT2D eigenvalue weighted by Crippen LogP contribution is 2.66. The van der Waals surface area contributed by atoms with Gasteiger partial charge in [0.2, 0.25) is 5.91 Å². The minimum Gasteiger partial charge on any atom is -0.461 e. The lowest BCUT2D eigenvalue weighted by atomic mass is 9.45. The molecule has 2 bridgehead atoms. The third-order valence-corrected chi connectivity index (χ3v) is 15.0. The molecule has 1 amide bonds. The van der Waals surface area contributed by atoms with Gasteiger partial charge >= 0.3 is 5.97 Å². The largest absolute Gasteiger partial charge is 0.461 e. The molecular formula is C41H57NO4. The molecule has 5 heteroatoms. The Morgan fingerprint density at radius 3 is 2.43 bits per heavy atom. The summed E-state index contributed by atoms with van der Waals surface area (Å²) in [6.45, 7) is 12.2. The molecule has 7 rings (SSSR count). The van der Waals surface area contributed by atoms with Crippen LogP contribution in [0.3, 0.4) is 0 Å². The van der Waals surface area contributed by atoms with E-state index in [1.54, 1.807) is 0 Å². The molecule has 5 nitrogen and oxygen atoms in total. The smallest absolute Gasteiger partial charge is 0.322 e. The summed E-state index contributed by atoms with van der Waals surface area (Å²) in [5.41, 5.74) is 2.48. The van der Waals surface area contributed by atoms with Gasteiger partial charge in [-0.3, -0.25) is 14.4 Å². The topological polar surface area (TPSA) is 72.5 Å². The summed E-state index contributed by atoms with van der Waals surface area (Å²) in [6, 6.07) is 10.0. The normalized spacial score (nSPS) is 41.7. The van der Waals surface area contributed by atoms with Crippen molar-refractivity contribution in [2.45, 2.75) is 118 Å². The Bertz CT molecular complexity index is 1380. The molecule has 0 heterocycles. The van der Waals surface area contributed by atoms with Crippen LogP contribution < -0.4 is 5.32 Å². The minimum atomic E-state index is -0.958. The number of fused-ring (bicyclic) bond motifs is 7. The van der Waals surface area contributed by atoms with E-state index in [1.807, 2.05) is 43.3 Å². The number of benzene rings is 1. The summed E-state index contributed by atoms with van der Waals surface area (Å²) in [7, 11) is 0. The molecule has 1 N–H and O–H groups in total. The molecule has 6 aliphatic rings. The van der Waals surface area contributed by atoms with Gasteiger partial charge in [-0.15, -0.1) is 0 Å². The Balaban J connectivity index is 1.07. The first-order valence-electron chi connectivity index (χ1n) is 18.6. The summed E-state index contributed by atoms with van der Waals surface area (Å²) < 4.78 is 6.49. The molecule has 6 aliphatic carbocycles. The maximum Gasteiger partial charge on any atom is 0.322 e. The molecule has 46 heavy (non-hydrogen) atoms. The van der Waals surface area contributed by atoms with Gasteiger partial charge in [-0.1, -0.05) is 64.1 Å². The number of ketones is 1. The van der Waals surface area contributed by atoms with Gasteiger partial charge in [-0.05, 0) is 135 Å². The number of ether oxygens (including phenoxy) is 1. The molecule has 0 radical (unpaired) electrons. The molecule has 250 valence electrons. The zero-order valence-electron chi connectivity index (χ0n) is 29.0. The molecule has 6 fully saturated rings. The lowest BCUT2D eigenvalue weighted by Gasteiger charge is -2.60. The van der Waals surface area contributed by atoms with Crippen molar-refractivity contribution in [3.63, 3.8) is 0 Å². The molecule has 0 saturated heterocycles. The van der Waals surface area contributed by atoms with E-state index in [1.165, 1.54) is 25.7 Å². The van der Waals surface area contributed by atoms with E-state index in [2.05, 4.69) is 33.0 Å². The summed E-state index contributed by atoms with van der Waals surface area (Å²) in [4.78, 5) is 40.4. The molecule has 1 aromatic rings. The number of allylic oxidation sites excluding steroid dienone is 1. The van der Waals surface area contributed by atoms with Crippen molar-refractivity contribution in [3.8, 4) is 0 Å². The highest BCUT2D eigenvalue weighted by Gasteiger charge is 2.61. The SMILES string of the molecule is C/C(=C\C(C(=O)NCC1C[C@@H]2C[C@H]1C(C)(C)C2)C(=O)O[C@H]1CC[C@H]2[C@@H]3CC[C@H]4CC(=O)CC[C@]4(C)[C@H]3CC[C@]12C)c1ccccc1. The van der Waals surface area contributed by atoms with Crippen LogP contribution in [0.5, 0.6) is 0 Å². The van der Waals surface area contributed by atoms with Crippen LogP contribution in [0.15, 0.2) is 36.4 Å². The molecule has 6 saturated carbocycles. The van der Waals surface area contributed by atoms with Crippen LogP contribution in [0.2, 0.25) is 0 Å². The van der Waals surface area contributed by atoms with E-state index in [4.69, 9.17) is 4.74 Å². The van der Waals surface area contributed by atoms with Gasteiger partial charge in [0.05, 0.1) is 0 Å². The number of carbonyl (C=O) groups excluding carboxylic acids is 3. The lowest BCUT2D eigenvalue weighted by Crippen LogP contribution is -2.54. The standard InChI is InChI=1S/C41H57NO4/c1-25(27-9-7-6-8-10-27)19-32(37(44)42-24-28-20-26-21-35(28)39(2,3)23-26)38(45)46-36-14-13-33-31-12-11-29-22-30(43)15-17-40(29,4)34(31)16-18-41(33,36)5/h6-10,19,26,28-29,31-36H,11-18,20-24H2,1-5H3,(H,42,44)/b25-19+/t26-,28?,29+,31+,32?,33+,34+,35-,36+,40+,41+/m1/s1. The number of carbonyl (C=O) groups is 3. The Morgan fingerprint density at radius 2 is 1.70 bits per heavy atom. The van der Waals surface area contributed by atoms with E-state index in [-0.39, 0.29) is 22.8 Å². The van der Waals surface area contributed by atoms with E-state index in [9.17, 15) is 14.4 Å². The molecule has 11 atom stereocenters. The van der Waals surface area contributed by atoms with Crippen molar-refractivity contribution in [3.05, 3.63) is 42.0 Å². The fraction of sp³-hybridized carbons (Fsp3) is 0.732. The first-order valence-corrected chi connectivity index (χ1v) is 18.6. The Kier molecular flexibility index (Phi) is 8.32. The van der Waals surface area contributed by atoms with Gasteiger partial charge in [-0.2, -0.15) is 0 Å². The van der Waals surface area contributed by atoms with Crippen molar-refractivity contribution < 1.29 is 19.1 Å². The van der Waals surface area contributed by atoms with Crippen molar-refractivity contribution in [2.24, 2.45) is 63.6 Å². The van der Waals surface area contributed by atoms with Gasteiger partial charge in [-0.25, -0.2) is 0 Å². The quantitative estimate of drug-likeness (QED) is 0.243. The van der Waals surface area contributed by atoms with Gasteiger partial charge in [0.15, 0.2) is 5.92 Å². The zero-order chi connectivity index (χ0) is 32.4. The first-order chi connectivity index (χ1) is 21.9. The van der Waals surface area contributed by atoms with Gasteiger partial charge < -0.3 is 10.1 Å². The van der Waals surface area contributed by atoms with E-state index >= 15 is 0 Å². The van der Waals surface area contributed by atoms with Crippen LogP contribution in [0.25, 0.3) is 5.57 Å². The predicted molar refractivity (Wildman–Crippen MR) is 181 cm³/mol. The molecule has 2 unspecified atom stereocenters. The highest BCUT2D eigenvalue weighted by atomic mass is 16.5. The molecular weight excluding hydrogens is 570 g/mol. The van der Waals surface area contributed by atoms with E-state index in [0.717, 1.165) is 68.4 Å². The number of esters is 1. The molecule has 1 aromatic carbocycles. The third kappa shape index (κ3) is 5.50. The summed E-state index contributed by atoms with van der Waals surface area (Å²) >= 11 is 0. The monoisotopic (exact) mass is 627 g/mol. The number of rotatable bonds is 7. The van der Waals surface area contributed by atoms with Gasteiger partial charge in [0.1, 0.15) is 11.9 Å². The lowest BCUT2D eigenvalue weighted by molar-refractivity contribution is -0.168. The molecule has 0 aromatic heterocycles. The number of nitrogens with one attached hydrogen (secondary N) is 1. The van der Waals surface area contributed by atoms with Crippen molar-refractivity contribution in [2.75, 3.05) is 6.54 Å². The van der Waals surface area contributed by atoms with Crippen LogP contribution >= 0.6 is 0 Å². The fourth-order valence-electron chi connectivity index (χ4n) is 12.5. The summed E-state index contributed by atoms with van der Waals surface area (Å²) in [5, 5.41) is 3.24. The van der Waals surface area contributed by atoms with Crippen LogP contribution in [0.1, 0.15) is 117 Å².